The van der Waals surface area contributed by atoms with E-state index < -0.39 is 0 Å². The molecule has 2 rings (SSSR count). The van der Waals surface area contributed by atoms with Crippen LogP contribution in [0.3, 0.4) is 0 Å². The molecule has 0 spiro atoms. The van der Waals surface area contributed by atoms with Crippen LogP contribution in [0.25, 0.3) is 11.1 Å². The first kappa shape index (κ1) is 7.29. The lowest BCUT2D eigenvalue weighted by Gasteiger charge is -2.03. The smallest absolute Gasteiger partial charge is 0.0595 e. The van der Waals surface area contributed by atoms with Crippen molar-refractivity contribution in [3.63, 3.8) is 0 Å². The molecule has 0 bridgehead atoms. The van der Waals surface area contributed by atoms with Crippen molar-refractivity contribution in [1.29, 1.82) is 1.28 Å². The van der Waals surface area contributed by atoms with Crippen molar-refractivity contribution in [2.24, 2.45) is 0 Å². The van der Waals surface area contributed by atoms with Crippen LogP contribution in [0, 0.1) is 0 Å². The molecule has 2 aromatic rings. The maximum atomic E-state index is 7.46. The van der Waals surface area contributed by atoms with Gasteiger partial charge in [0.1, 0.15) is 0 Å². The van der Waals surface area contributed by atoms with Crippen LogP contribution in [0.5, 0.6) is 0 Å². The van der Waals surface area contributed by atoms with Crippen LogP contribution >= 0.6 is 9.18 Å². The molecule has 64 valence electrons. The summed E-state index contributed by atoms with van der Waals surface area (Å²) in [7, 11) is 0.104. The Hall–Kier alpha value is -1.13. The summed E-state index contributed by atoms with van der Waals surface area (Å²) in [5.74, 6) is 0. The van der Waals surface area contributed by atoms with Crippen LogP contribution in [-0.2, 0) is 0 Å². The summed E-state index contributed by atoms with van der Waals surface area (Å²) >= 11 is 0. The van der Waals surface area contributed by atoms with Gasteiger partial charge in [-0.1, -0.05) is 54.6 Å². The molecule has 0 saturated heterocycles. The minimum Gasteiger partial charge on any atom is -0.105 e. The zero-order valence-electron chi connectivity index (χ0n) is 8.20. The molecule has 1 unspecified atom stereocenters. The van der Waals surface area contributed by atoms with Crippen LogP contribution < -0.4 is 5.30 Å². The SMILES string of the molecule is [2H]Pc1ccccc1-c1ccccc1. The Bertz CT molecular complexity index is 412. The van der Waals surface area contributed by atoms with E-state index in [1.807, 2.05) is 36.4 Å². The zero-order chi connectivity index (χ0) is 9.80. The summed E-state index contributed by atoms with van der Waals surface area (Å²) in [5, 5.41) is 1.11. The monoisotopic (exact) mass is 187 g/mol. The van der Waals surface area contributed by atoms with E-state index >= 15 is 0 Å². The fourth-order valence-electron chi connectivity index (χ4n) is 1.35. The summed E-state index contributed by atoms with van der Waals surface area (Å²) < 4.78 is 7.46. The lowest BCUT2D eigenvalue weighted by molar-refractivity contribution is 1.65. The molecule has 0 heterocycles. The van der Waals surface area contributed by atoms with E-state index in [-0.39, 0.29) is 9.18 Å². The molecule has 0 radical (unpaired) electrons. The second kappa shape index (κ2) is 3.72. The van der Waals surface area contributed by atoms with E-state index in [9.17, 15) is 0 Å². The molecular weight excluding hydrogens is 175 g/mol. The summed E-state index contributed by atoms with van der Waals surface area (Å²) in [6.07, 6.45) is 0. The standard InChI is InChI=1S/C12H11P/c13-12-9-5-4-8-11(12)10-6-2-1-3-7-10/h1-9H,13H2/i13D. The van der Waals surface area contributed by atoms with Gasteiger partial charge in [0.05, 0.1) is 1.28 Å². The minimum atomic E-state index is 0.104. The predicted molar refractivity (Wildman–Crippen MR) is 61.2 cm³/mol. The average Bonchev–Trinajstić information content (AvgIpc) is 2.30. The minimum absolute atomic E-state index is 0.104. The van der Waals surface area contributed by atoms with Crippen LogP contribution in [0.4, 0.5) is 0 Å². The van der Waals surface area contributed by atoms with Crippen molar-refractivity contribution in [3.05, 3.63) is 54.6 Å². The van der Waals surface area contributed by atoms with E-state index in [0.29, 0.717) is 0 Å². The highest BCUT2D eigenvalue weighted by Crippen LogP contribution is 2.17. The van der Waals surface area contributed by atoms with Gasteiger partial charge in [0.15, 0.2) is 0 Å². The van der Waals surface area contributed by atoms with Gasteiger partial charge in [-0.15, -0.1) is 9.18 Å². The lowest BCUT2D eigenvalue weighted by Crippen LogP contribution is -1.94. The van der Waals surface area contributed by atoms with Crippen molar-refractivity contribution >= 4 is 14.5 Å². The summed E-state index contributed by atoms with van der Waals surface area (Å²) in [6, 6.07) is 18.3. The molecule has 0 amide bonds. The van der Waals surface area contributed by atoms with Gasteiger partial charge >= 0.3 is 0 Å². The molecule has 0 nitrogen and oxygen atoms in total. The Morgan fingerprint density at radius 1 is 0.846 bits per heavy atom. The molecule has 13 heavy (non-hydrogen) atoms. The van der Waals surface area contributed by atoms with Crippen LogP contribution in [0.2, 0.25) is 0 Å². The average molecular weight is 187 g/mol. The molecule has 2 aromatic carbocycles. The van der Waals surface area contributed by atoms with Crippen molar-refractivity contribution in [3.8, 4) is 11.1 Å². The first-order chi connectivity index (χ1) is 6.92. The highest BCUT2D eigenvalue weighted by Gasteiger charge is 1.97. The highest BCUT2D eigenvalue weighted by atomic mass is 31.0. The third-order valence-corrected chi connectivity index (χ3v) is 2.45. The van der Waals surface area contributed by atoms with Gasteiger partial charge < -0.3 is 0 Å². The van der Waals surface area contributed by atoms with Gasteiger partial charge in [-0.3, -0.25) is 0 Å². The number of hydrogen-bond acceptors (Lipinski definition) is 0. The summed E-state index contributed by atoms with van der Waals surface area (Å²) in [4.78, 5) is 0. The maximum absolute atomic E-state index is 7.46. The second-order valence-corrected chi connectivity index (χ2v) is 3.45. The Kier molecular flexibility index (Phi) is 2.09. The highest BCUT2D eigenvalue weighted by molar-refractivity contribution is 7.28. The third kappa shape index (κ3) is 1.79. The van der Waals surface area contributed by atoms with Gasteiger partial charge in [0.25, 0.3) is 0 Å². The molecule has 0 aliphatic heterocycles. The molecule has 0 saturated carbocycles. The molecule has 0 N–H and O–H groups in total. The fourth-order valence-corrected chi connectivity index (χ4v) is 1.68. The van der Waals surface area contributed by atoms with E-state index in [1.165, 1.54) is 11.1 Å². The van der Waals surface area contributed by atoms with E-state index in [4.69, 9.17) is 1.28 Å². The molecule has 0 aliphatic carbocycles. The van der Waals surface area contributed by atoms with Gasteiger partial charge in [0, 0.05) is 0 Å². The summed E-state index contributed by atoms with van der Waals surface area (Å²) in [5.41, 5.74) is 2.38. The Morgan fingerprint density at radius 3 is 2.31 bits per heavy atom. The van der Waals surface area contributed by atoms with E-state index in [0.717, 1.165) is 5.30 Å². The number of benzene rings is 2. The van der Waals surface area contributed by atoms with Crippen molar-refractivity contribution < 1.29 is 0 Å². The van der Waals surface area contributed by atoms with Crippen LogP contribution in [0.1, 0.15) is 0 Å². The van der Waals surface area contributed by atoms with Crippen molar-refractivity contribution in [2.45, 2.75) is 0 Å². The Labute approximate surface area is 82.1 Å². The topological polar surface area (TPSA) is 0 Å². The van der Waals surface area contributed by atoms with E-state index in [2.05, 4.69) is 18.2 Å². The maximum Gasteiger partial charge on any atom is 0.0595 e. The van der Waals surface area contributed by atoms with Gasteiger partial charge in [-0.2, -0.15) is 0 Å². The van der Waals surface area contributed by atoms with Gasteiger partial charge in [-0.25, -0.2) is 0 Å². The van der Waals surface area contributed by atoms with Crippen molar-refractivity contribution in [1.82, 2.24) is 0 Å². The molecular formula is C12H11P. The third-order valence-electron chi connectivity index (χ3n) is 2.01. The van der Waals surface area contributed by atoms with E-state index in [1.54, 1.807) is 0 Å². The molecule has 1 atom stereocenters. The molecule has 1 heteroatoms. The fraction of sp³-hybridized carbons (Fsp3) is 0. The summed E-state index contributed by atoms with van der Waals surface area (Å²) in [6.45, 7) is 0. The Morgan fingerprint density at radius 2 is 1.54 bits per heavy atom. The first-order valence-corrected chi connectivity index (χ1v) is 4.74. The number of hydrogen-bond donors (Lipinski definition) is 0. The molecule has 0 aliphatic rings. The largest absolute Gasteiger partial charge is 0.105 e. The van der Waals surface area contributed by atoms with Gasteiger partial charge in [0.2, 0.25) is 0 Å². The molecule has 0 aromatic heterocycles. The first-order valence-electron chi connectivity index (χ1n) is 4.74. The normalized spacial score (nSPS) is 11.8. The quantitative estimate of drug-likeness (QED) is 0.634. The lowest BCUT2D eigenvalue weighted by atomic mass is 10.1. The Balaban J connectivity index is 2.51. The predicted octanol–water partition coefficient (Wildman–Crippen LogP) is 2.85. The molecule has 0 fully saturated rings. The zero-order valence-corrected chi connectivity index (χ0v) is 8.20. The second-order valence-electron chi connectivity index (χ2n) is 2.91. The van der Waals surface area contributed by atoms with Crippen LogP contribution in [-0.4, -0.2) is 1.28 Å². The van der Waals surface area contributed by atoms with Crippen LogP contribution in [0.15, 0.2) is 54.6 Å². The number of rotatable bonds is 2. The van der Waals surface area contributed by atoms with Gasteiger partial charge in [-0.05, 0) is 16.4 Å². The van der Waals surface area contributed by atoms with Crippen molar-refractivity contribution in [2.75, 3.05) is 0 Å².